The molecular formula is C22H23N5O4S. The fraction of sp³-hybridized carbons (Fsp3) is 0.273. The normalized spacial score (nSPS) is 10.7. The number of carbonyl (C=O) groups is 2. The Kier molecular flexibility index (Phi) is 7.72. The number of aromatic nitrogens is 3. The Labute approximate surface area is 189 Å². The third-order valence-corrected chi connectivity index (χ3v) is 5.57. The van der Waals surface area contributed by atoms with E-state index in [1.54, 1.807) is 0 Å². The number of hydrogen-bond acceptors (Lipinski definition) is 7. The molecule has 0 bridgehead atoms. The first kappa shape index (κ1) is 23.1. The van der Waals surface area contributed by atoms with E-state index in [-0.39, 0.29) is 23.1 Å². The summed E-state index contributed by atoms with van der Waals surface area (Å²) in [6.45, 7) is 4.01. The first-order chi connectivity index (χ1) is 15.3. The quantitative estimate of drug-likeness (QED) is 0.164. The van der Waals surface area contributed by atoms with Gasteiger partial charge in [0.15, 0.2) is 10.9 Å². The van der Waals surface area contributed by atoms with Crippen LogP contribution in [0.3, 0.4) is 0 Å². The largest absolute Gasteiger partial charge is 0.356 e. The van der Waals surface area contributed by atoms with E-state index in [1.807, 2.05) is 35.8 Å². The maximum absolute atomic E-state index is 12.6. The van der Waals surface area contributed by atoms with Crippen LogP contribution in [0.5, 0.6) is 0 Å². The number of thioether (sulfide) groups is 1. The van der Waals surface area contributed by atoms with Crippen molar-refractivity contribution in [1.82, 2.24) is 20.1 Å². The van der Waals surface area contributed by atoms with Gasteiger partial charge < -0.3 is 5.32 Å². The van der Waals surface area contributed by atoms with Crippen LogP contribution in [-0.4, -0.2) is 43.7 Å². The zero-order chi connectivity index (χ0) is 23.1. The lowest BCUT2D eigenvalue weighted by Gasteiger charge is -2.11. The summed E-state index contributed by atoms with van der Waals surface area (Å²) in [5, 5.41) is 22.8. The minimum absolute atomic E-state index is 0.0581. The van der Waals surface area contributed by atoms with Gasteiger partial charge in [0.25, 0.3) is 5.69 Å². The molecule has 0 aliphatic rings. The average molecular weight is 454 g/mol. The van der Waals surface area contributed by atoms with Crippen LogP contribution in [0.25, 0.3) is 5.69 Å². The van der Waals surface area contributed by atoms with Crippen LogP contribution in [0.4, 0.5) is 5.69 Å². The SMILES string of the molecule is CC(=O)NCCCc1nnc(SCC(=O)c2ccc([N+](=O)[O-])cc2)n1-c1cccc(C)c1. The predicted molar refractivity (Wildman–Crippen MR) is 121 cm³/mol. The molecule has 1 heterocycles. The minimum atomic E-state index is -0.499. The Morgan fingerprint density at radius 3 is 2.56 bits per heavy atom. The van der Waals surface area contributed by atoms with Gasteiger partial charge in [-0.1, -0.05) is 23.9 Å². The van der Waals surface area contributed by atoms with Gasteiger partial charge >= 0.3 is 0 Å². The second-order valence-electron chi connectivity index (χ2n) is 7.18. The molecule has 32 heavy (non-hydrogen) atoms. The summed E-state index contributed by atoms with van der Waals surface area (Å²) in [4.78, 5) is 34.0. The summed E-state index contributed by atoms with van der Waals surface area (Å²) in [6.07, 6.45) is 1.31. The molecule has 3 aromatic rings. The zero-order valence-corrected chi connectivity index (χ0v) is 18.6. The molecule has 0 fully saturated rings. The number of benzene rings is 2. The molecule has 0 aliphatic carbocycles. The number of nitrogens with zero attached hydrogens (tertiary/aromatic N) is 4. The number of aryl methyl sites for hydroxylation is 2. The lowest BCUT2D eigenvalue weighted by atomic mass is 10.1. The number of rotatable bonds is 10. The van der Waals surface area contributed by atoms with Crippen LogP contribution in [0, 0.1) is 17.0 Å². The highest BCUT2D eigenvalue weighted by atomic mass is 32.2. The van der Waals surface area contributed by atoms with Gasteiger partial charge in [0, 0.05) is 43.3 Å². The van der Waals surface area contributed by atoms with E-state index >= 15 is 0 Å². The molecule has 2 aromatic carbocycles. The number of amides is 1. The van der Waals surface area contributed by atoms with Crippen LogP contribution in [-0.2, 0) is 11.2 Å². The lowest BCUT2D eigenvalue weighted by molar-refractivity contribution is -0.384. The molecule has 0 atom stereocenters. The molecule has 0 aliphatic heterocycles. The van der Waals surface area contributed by atoms with Gasteiger partial charge in [0.2, 0.25) is 5.91 Å². The van der Waals surface area contributed by atoms with E-state index in [2.05, 4.69) is 15.5 Å². The standard InChI is InChI=1S/C22H23N5O4S/c1-15-5-3-6-19(13-15)26-21(7-4-12-23-16(2)28)24-25-22(26)32-14-20(29)17-8-10-18(11-9-17)27(30)31/h3,5-6,8-11,13H,4,7,12,14H2,1-2H3,(H,23,28). The van der Waals surface area contributed by atoms with Crippen LogP contribution in [0.2, 0.25) is 0 Å². The topological polar surface area (TPSA) is 120 Å². The van der Waals surface area contributed by atoms with Crippen molar-refractivity contribution in [2.75, 3.05) is 12.3 Å². The number of non-ortho nitro benzene ring substituents is 1. The molecular weight excluding hydrogens is 430 g/mol. The van der Waals surface area contributed by atoms with Crippen molar-refractivity contribution >= 4 is 29.1 Å². The summed E-state index contributed by atoms with van der Waals surface area (Å²) >= 11 is 1.26. The van der Waals surface area contributed by atoms with Crippen LogP contribution in [0.1, 0.15) is 35.1 Å². The van der Waals surface area contributed by atoms with Gasteiger partial charge in [0.05, 0.1) is 10.7 Å². The molecule has 166 valence electrons. The Morgan fingerprint density at radius 2 is 1.91 bits per heavy atom. The highest BCUT2D eigenvalue weighted by Gasteiger charge is 2.17. The molecule has 1 amide bonds. The van der Waals surface area contributed by atoms with Crippen molar-refractivity contribution in [3.8, 4) is 5.69 Å². The van der Waals surface area contributed by atoms with Gasteiger partial charge in [0.1, 0.15) is 5.82 Å². The second-order valence-corrected chi connectivity index (χ2v) is 8.12. The summed E-state index contributed by atoms with van der Waals surface area (Å²) in [6, 6.07) is 13.5. The van der Waals surface area contributed by atoms with Gasteiger partial charge in [-0.25, -0.2) is 0 Å². The minimum Gasteiger partial charge on any atom is -0.356 e. The number of nitro benzene ring substituents is 1. The van der Waals surface area contributed by atoms with E-state index in [0.717, 1.165) is 17.1 Å². The van der Waals surface area contributed by atoms with Crippen molar-refractivity contribution in [2.45, 2.75) is 31.8 Å². The summed E-state index contributed by atoms with van der Waals surface area (Å²) < 4.78 is 1.93. The van der Waals surface area contributed by atoms with Crippen molar-refractivity contribution in [1.29, 1.82) is 0 Å². The highest BCUT2D eigenvalue weighted by Crippen LogP contribution is 2.24. The third kappa shape index (κ3) is 6.01. The Hall–Kier alpha value is -3.53. The first-order valence-electron chi connectivity index (χ1n) is 10.0. The molecule has 10 heteroatoms. The number of hydrogen-bond donors (Lipinski definition) is 1. The number of carbonyl (C=O) groups excluding carboxylic acids is 2. The smallest absolute Gasteiger partial charge is 0.269 e. The molecule has 3 rings (SSSR count). The van der Waals surface area contributed by atoms with Crippen molar-refractivity contribution in [3.05, 3.63) is 75.6 Å². The maximum atomic E-state index is 12.6. The second kappa shape index (κ2) is 10.7. The Balaban J connectivity index is 1.77. The number of Topliss-reactive ketones (excluding diaryl/α,β-unsaturated/α-hetero) is 1. The molecule has 0 radical (unpaired) electrons. The zero-order valence-electron chi connectivity index (χ0n) is 17.8. The molecule has 0 spiro atoms. The first-order valence-corrected chi connectivity index (χ1v) is 11.0. The third-order valence-electron chi connectivity index (χ3n) is 4.64. The molecule has 9 nitrogen and oxygen atoms in total. The fourth-order valence-corrected chi connectivity index (χ4v) is 3.94. The van der Waals surface area contributed by atoms with E-state index in [4.69, 9.17) is 0 Å². The van der Waals surface area contributed by atoms with E-state index in [0.29, 0.717) is 30.1 Å². The van der Waals surface area contributed by atoms with Gasteiger partial charge in [-0.05, 0) is 43.2 Å². The summed E-state index contributed by atoms with van der Waals surface area (Å²) in [7, 11) is 0. The number of ketones is 1. The van der Waals surface area contributed by atoms with Crippen molar-refractivity contribution in [2.24, 2.45) is 0 Å². The highest BCUT2D eigenvalue weighted by molar-refractivity contribution is 7.99. The average Bonchev–Trinajstić information content (AvgIpc) is 3.17. The number of nitro groups is 1. The predicted octanol–water partition coefficient (Wildman–Crippen LogP) is 3.53. The van der Waals surface area contributed by atoms with Gasteiger partial charge in [-0.3, -0.25) is 24.3 Å². The van der Waals surface area contributed by atoms with Crippen LogP contribution >= 0.6 is 11.8 Å². The van der Waals surface area contributed by atoms with Gasteiger partial charge in [-0.2, -0.15) is 0 Å². The van der Waals surface area contributed by atoms with Crippen LogP contribution in [0.15, 0.2) is 53.7 Å². The Morgan fingerprint density at radius 1 is 1.16 bits per heavy atom. The summed E-state index contributed by atoms with van der Waals surface area (Å²) in [5.41, 5.74) is 2.32. The van der Waals surface area contributed by atoms with Crippen LogP contribution < -0.4 is 5.32 Å². The molecule has 0 saturated heterocycles. The molecule has 1 N–H and O–H groups in total. The fourth-order valence-electron chi connectivity index (χ4n) is 3.08. The van der Waals surface area contributed by atoms with E-state index < -0.39 is 4.92 Å². The molecule has 1 aromatic heterocycles. The maximum Gasteiger partial charge on any atom is 0.269 e. The van der Waals surface area contributed by atoms with Crippen molar-refractivity contribution < 1.29 is 14.5 Å². The van der Waals surface area contributed by atoms with Crippen molar-refractivity contribution in [3.63, 3.8) is 0 Å². The number of nitrogens with one attached hydrogen (secondary N) is 1. The molecule has 0 saturated carbocycles. The molecule has 0 unspecified atom stereocenters. The van der Waals surface area contributed by atoms with Gasteiger partial charge in [-0.15, -0.1) is 10.2 Å². The lowest BCUT2D eigenvalue weighted by Crippen LogP contribution is -2.21. The van der Waals surface area contributed by atoms with E-state index in [9.17, 15) is 19.7 Å². The van der Waals surface area contributed by atoms with E-state index in [1.165, 1.54) is 43.0 Å². The monoisotopic (exact) mass is 453 g/mol. The summed E-state index contributed by atoms with van der Waals surface area (Å²) in [5.74, 6) is 0.626. The Bertz CT molecular complexity index is 1130.